The van der Waals surface area contributed by atoms with Crippen LogP contribution in [0.2, 0.25) is 13.3 Å². The topological polar surface area (TPSA) is 13.1 Å². The molecule has 0 saturated heterocycles. The first-order valence-electron chi connectivity index (χ1n) is 8.33. The van der Waals surface area contributed by atoms with E-state index in [9.17, 15) is 0 Å². The number of unbranched alkanes of at least 4 members (excludes halogenated alkanes) is 4. The monoisotopic (exact) mass is 372 g/mol. The van der Waals surface area contributed by atoms with E-state index in [1.807, 2.05) is 6.26 Å². The molecule has 1 heterocycles. The van der Waals surface area contributed by atoms with Crippen LogP contribution in [0.25, 0.3) is 0 Å². The molecular formula is C17H32OSn. The molecule has 0 fully saturated rings. The zero-order chi connectivity index (χ0) is 14.0. The van der Waals surface area contributed by atoms with Gasteiger partial charge in [-0.25, -0.2) is 0 Å². The van der Waals surface area contributed by atoms with E-state index in [-0.39, 0.29) is 0 Å². The van der Waals surface area contributed by atoms with Gasteiger partial charge in [-0.1, -0.05) is 0 Å². The van der Waals surface area contributed by atoms with Crippen LogP contribution in [0.5, 0.6) is 0 Å². The van der Waals surface area contributed by atoms with Gasteiger partial charge in [0.25, 0.3) is 0 Å². The van der Waals surface area contributed by atoms with Crippen molar-refractivity contribution in [3.8, 4) is 0 Å². The van der Waals surface area contributed by atoms with E-state index in [0.29, 0.717) is 0 Å². The van der Waals surface area contributed by atoms with Crippen molar-refractivity contribution in [3.05, 3.63) is 18.4 Å². The third-order valence-corrected chi connectivity index (χ3v) is 19.3. The zero-order valence-corrected chi connectivity index (χ0v) is 16.1. The predicted octanol–water partition coefficient (Wildman–Crippen LogP) is 5.73. The zero-order valence-electron chi connectivity index (χ0n) is 13.2. The molecule has 0 N–H and O–H groups in total. The van der Waals surface area contributed by atoms with Crippen LogP contribution >= 0.6 is 0 Å². The quantitative estimate of drug-likeness (QED) is 0.358. The molecule has 2 heteroatoms. The minimum atomic E-state index is -2.22. The summed E-state index contributed by atoms with van der Waals surface area (Å²) in [6, 6.07) is 4.41. The Kier molecular flexibility index (Phi) is 8.93. The molecular weight excluding hydrogens is 339 g/mol. The molecule has 0 amide bonds. The van der Waals surface area contributed by atoms with Gasteiger partial charge in [-0.05, 0) is 0 Å². The number of hydrogen-bond donors (Lipinski definition) is 0. The van der Waals surface area contributed by atoms with Crippen molar-refractivity contribution in [1.82, 2.24) is 0 Å². The molecule has 1 aromatic rings. The van der Waals surface area contributed by atoms with Crippen molar-refractivity contribution in [2.75, 3.05) is 0 Å². The van der Waals surface area contributed by atoms with Crippen molar-refractivity contribution >= 4 is 22.2 Å². The summed E-state index contributed by atoms with van der Waals surface area (Å²) in [5.74, 6) is 0. The molecule has 1 nitrogen and oxygen atoms in total. The molecule has 0 aromatic carbocycles. The first-order valence-corrected chi connectivity index (χ1v) is 15.8. The van der Waals surface area contributed by atoms with Crippen LogP contribution in [0.15, 0.2) is 22.8 Å². The van der Waals surface area contributed by atoms with Gasteiger partial charge < -0.3 is 0 Å². The van der Waals surface area contributed by atoms with Crippen molar-refractivity contribution in [1.29, 1.82) is 0 Å². The van der Waals surface area contributed by atoms with E-state index < -0.39 is 18.4 Å². The summed E-state index contributed by atoms with van der Waals surface area (Å²) >= 11 is -2.22. The Balaban J connectivity index is 2.81. The van der Waals surface area contributed by atoms with Crippen molar-refractivity contribution < 1.29 is 4.42 Å². The van der Waals surface area contributed by atoms with Gasteiger partial charge in [0.2, 0.25) is 0 Å². The summed E-state index contributed by atoms with van der Waals surface area (Å²) in [6.45, 7) is 6.96. The molecule has 0 saturated carbocycles. The second kappa shape index (κ2) is 9.90. The molecule has 0 aliphatic rings. The van der Waals surface area contributed by atoms with Crippen molar-refractivity contribution in [2.24, 2.45) is 0 Å². The third kappa shape index (κ3) is 5.53. The predicted molar refractivity (Wildman–Crippen MR) is 87.9 cm³/mol. The first-order chi connectivity index (χ1) is 9.29. The fraction of sp³-hybridized carbons (Fsp3) is 0.765. The van der Waals surface area contributed by atoms with Crippen LogP contribution in [-0.4, -0.2) is 18.4 Å². The summed E-state index contributed by atoms with van der Waals surface area (Å²) in [5.41, 5.74) is 0. The van der Waals surface area contributed by atoms with Crippen LogP contribution in [0, 0.1) is 0 Å². The first kappa shape index (κ1) is 17.1. The molecule has 19 heavy (non-hydrogen) atoms. The Morgan fingerprint density at radius 3 is 1.89 bits per heavy atom. The Morgan fingerprint density at radius 1 is 0.842 bits per heavy atom. The summed E-state index contributed by atoms with van der Waals surface area (Å²) in [5, 5.41) is 0. The number of rotatable bonds is 11. The average Bonchev–Trinajstić information content (AvgIpc) is 2.96. The van der Waals surface area contributed by atoms with Crippen LogP contribution in [-0.2, 0) is 0 Å². The Morgan fingerprint density at radius 2 is 1.42 bits per heavy atom. The van der Waals surface area contributed by atoms with Gasteiger partial charge in [-0.2, -0.15) is 0 Å². The van der Waals surface area contributed by atoms with Crippen LogP contribution in [0.3, 0.4) is 0 Å². The molecule has 1 rings (SSSR count). The fourth-order valence-corrected chi connectivity index (χ4v) is 18.0. The van der Waals surface area contributed by atoms with E-state index in [1.165, 1.54) is 62.0 Å². The van der Waals surface area contributed by atoms with E-state index >= 15 is 0 Å². The summed E-state index contributed by atoms with van der Waals surface area (Å²) in [4.78, 5) is 0. The van der Waals surface area contributed by atoms with Gasteiger partial charge in [0.15, 0.2) is 0 Å². The molecule has 0 radical (unpaired) electrons. The van der Waals surface area contributed by atoms with Gasteiger partial charge in [0.1, 0.15) is 0 Å². The second-order valence-corrected chi connectivity index (χ2v) is 18.9. The fourth-order valence-electron chi connectivity index (χ4n) is 3.07. The van der Waals surface area contributed by atoms with Gasteiger partial charge in [0.05, 0.1) is 0 Å². The summed E-state index contributed by atoms with van der Waals surface area (Å²) in [7, 11) is 0. The summed E-state index contributed by atoms with van der Waals surface area (Å²) < 4.78 is 11.9. The number of furan rings is 1. The SMILES string of the molecule is CCCC[CH2][Sn]([CH2]CCC)([CH2]CCC)[c]1ccco1. The van der Waals surface area contributed by atoms with Gasteiger partial charge in [0, 0.05) is 0 Å². The average molecular weight is 371 g/mol. The molecule has 0 spiro atoms. The van der Waals surface area contributed by atoms with Crippen molar-refractivity contribution in [2.45, 2.75) is 79.0 Å². The molecule has 0 bridgehead atoms. The standard InChI is InChI=1S/C5H11.C4H3O.2C4H9.Sn/c1-3-5-4-2;1-2-4-5-3-1;2*1-3-4-2;/h1,3-5H2,2H3;1-3H;2*1,3-4H2,2H3;. The van der Waals surface area contributed by atoms with E-state index in [0.717, 1.165) is 0 Å². The maximum atomic E-state index is 5.92. The number of hydrogen-bond acceptors (Lipinski definition) is 1. The van der Waals surface area contributed by atoms with Gasteiger partial charge >= 0.3 is 124 Å². The van der Waals surface area contributed by atoms with E-state index in [2.05, 4.69) is 32.9 Å². The Bertz CT molecular complexity index is 297. The Hall–Kier alpha value is 0.0787. The molecule has 110 valence electrons. The van der Waals surface area contributed by atoms with Gasteiger partial charge in [-0.3, -0.25) is 0 Å². The minimum absolute atomic E-state index is 1.33. The molecule has 1 aromatic heterocycles. The van der Waals surface area contributed by atoms with Crippen LogP contribution in [0.4, 0.5) is 0 Å². The molecule has 0 aliphatic carbocycles. The molecule has 0 aliphatic heterocycles. The van der Waals surface area contributed by atoms with Crippen LogP contribution < -0.4 is 3.78 Å². The van der Waals surface area contributed by atoms with E-state index in [4.69, 9.17) is 4.42 Å². The van der Waals surface area contributed by atoms with Crippen molar-refractivity contribution in [3.63, 3.8) is 0 Å². The Labute approximate surface area is 124 Å². The van der Waals surface area contributed by atoms with E-state index in [1.54, 1.807) is 0 Å². The van der Waals surface area contributed by atoms with Crippen LogP contribution in [0.1, 0.15) is 65.7 Å². The second-order valence-electron chi connectivity index (χ2n) is 5.92. The summed E-state index contributed by atoms with van der Waals surface area (Å²) in [6.07, 6.45) is 11.6. The third-order valence-electron chi connectivity index (χ3n) is 4.32. The maximum absolute atomic E-state index is 5.92. The normalized spacial score (nSPS) is 11.9. The molecule has 0 atom stereocenters. The molecule has 0 unspecified atom stereocenters. The van der Waals surface area contributed by atoms with Gasteiger partial charge in [-0.15, -0.1) is 0 Å².